The number of para-hydroxylation sites is 1. The molecule has 0 aliphatic heterocycles. The van der Waals surface area contributed by atoms with E-state index in [-0.39, 0.29) is 17.2 Å². The average Bonchev–Trinajstić information content (AvgIpc) is 3.32. The van der Waals surface area contributed by atoms with Crippen molar-refractivity contribution in [2.45, 2.75) is 17.9 Å². The largest absolute Gasteiger partial charge is 0.461 e. The van der Waals surface area contributed by atoms with Gasteiger partial charge in [0, 0.05) is 18.2 Å². The molecule has 1 heterocycles. The van der Waals surface area contributed by atoms with Gasteiger partial charge >= 0.3 is 5.97 Å². The molecular weight excluding hydrogens is 464 g/mol. The van der Waals surface area contributed by atoms with Crippen molar-refractivity contribution in [3.05, 3.63) is 102 Å². The van der Waals surface area contributed by atoms with Gasteiger partial charge in [0.2, 0.25) is 0 Å². The number of benzene rings is 3. The van der Waals surface area contributed by atoms with Crippen molar-refractivity contribution >= 4 is 15.8 Å². The molecule has 3 aromatic carbocycles. The number of hydrogen-bond acceptors (Lipinski definition) is 6. The standard InChI is InChI=1S/C27H26N2O5S/c1-35(31,32)24-15-13-22(14-16-24)26-19-25(28-29(26)23-11-6-3-7-12-23)27(30)34-18-8-17-33-20-21-9-4-2-5-10-21/h2-7,9-16,19H,8,17-18,20H2,1H3. The molecule has 0 aliphatic carbocycles. The fraction of sp³-hybridized carbons (Fsp3) is 0.185. The first-order valence-corrected chi connectivity index (χ1v) is 13.1. The molecule has 4 rings (SSSR count). The second-order valence-corrected chi connectivity index (χ2v) is 10.0. The summed E-state index contributed by atoms with van der Waals surface area (Å²) in [4.78, 5) is 12.9. The van der Waals surface area contributed by atoms with E-state index in [1.807, 2.05) is 60.7 Å². The molecule has 180 valence electrons. The maximum atomic E-state index is 12.7. The van der Waals surface area contributed by atoms with Crippen LogP contribution in [0.25, 0.3) is 16.9 Å². The van der Waals surface area contributed by atoms with Crippen LogP contribution in [0.1, 0.15) is 22.5 Å². The number of hydrogen-bond donors (Lipinski definition) is 0. The fourth-order valence-corrected chi connectivity index (χ4v) is 4.12. The Morgan fingerprint density at radius 2 is 1.54 bits per heavy atom. The number of sulfone groups is 1. The van der Waals surface area contributed by atoms with Gasteiger partial charge < -0.3 is 9.47 Å². The molecule has 0 N–H and O–H groups in total. The van der Waals surface area contributed by atoms with Crippen LogP contribution in [0.5, 0.6) is 0 Å². The highest BCUT2D eigenvalue weighted by Gasteiger charge is 2.18. The molecule has 8 heteroatoms. The number of rotatable bonds is 10. The van der Waals surface area contributed by atoms with Crippen molar-refractivity contribution < 1.29 is 22.7 Å². The Morgan fingerprint density at radius 3 is 2.20 bits per heavy atom. The molecule has 0 saturated carbocycles. The number of carbonyl (C=O) groups excluding carboxylic acids is 1. The predicted molar refractivity (Wildman–Crippen MR) is 133 cm³/mol. The Hall–Kier alpha value is -3.75. The Balaban J connectivity index is 1.44. The van der Waals surface area contributed by atoms with Crippen LogP contribution >= 0.6 is 0 Å². The summed E-state index contributed by atoms with van der Waals surface area (Å²) < 4.78 is 36.3. The highest BCUT2D eigenvalue weighted by atomic mass is 32.2. The van der Waals surface area contributed by atoms with E-state index in [0.29, 0.717) is 25.3 Å². The minimum atomic E-state index is -3.31. The molecule has 0 amide bonds. The van der Waals surface area contributed by atoms with Crippen LogP contribution in [0.15, 0.2) is 95.9 Å². The highest BCUT2D eigenvalue weighted by Crippen LogP contribution is 2.26. The molecule has 0 radical (unpaired) electrons. The highest BCUT2D eigenvalue weighted by molar-refractivity contribution is 7.90. The van der Waals surface area contributed by atoms with Gasteiger partial charge in [-0.2, -0.15) is 5.10 Å². The van der Waals surface area contributed by atoms with Crippen molar-refractivity contribution in [1.82, 2.24) is 9.78 Å². The molecule has 7 nitrogen and oxygen atoms in total. The molecule has 0 aliphatic rings. The first-order valence-electron chi connectivity index (χ1n) is 11.2. The maximum absolute atomic E-state index is 12.7. The Kier molecular flexibility index (Phi) is 7.74. The lowest BCUT2D eigenvalue weighted by atomic mass is 10.1. The third kappa shape index (κ3) is 6.44. The second-order valence-electron chi connectivity index (χ2n) is 7.99. The average molecular weight is 491 g/mol. The Morgan fingerprint density at radius 1 is 0.886 bits per heavy atom. The summed E-state index contributed by atoms with van der Waals surface area (Å²) in [6, 6.07) is 27.4. The zero-order valence-corrected chi connectivity index (χ0v) is 20.1. The van der Waals surface area contributed by atoms with Crippen LogP contribution in [0, 0.1) is 0 Å². The molecule has 0 saturated heterocycles. The van der Waals surface area contributed by atoms with Crippen molar-refractivity contribution in [2.75, 3.05) is 19.5 Å². The van der Waals surface area contributed by atoms with Gasteiger partial charge in [-0.25, -0.2) is 17.9 Å². The van der Waals surface area contributed by atoms with Gasteiger partial charge in [0.15, 0.2) is 15.5 Å². The number of carbonyl (C=O) groups is 1. The van der Waals surface area contributed by atoms with Crippen LogP contribution in [0.2, 0.25) is 0 Å². The van der Waals surface area contributed by atoms with Crippen LogP contribution in [0.4, 0.5) is 0 Å². The summed E-state index contributed by atoms with van der Waals surface area (Å²) in [7, 11) is -3.31. The smallest absolute Gasteiger partial charge is 0.358 e. The molecule has 35 heavy (non-hydrogen) atoms. The van der Waals surface area contributed by atoms with Crippen LogP contribution in [0.3, 0.4) is 0 Å². The number of aromatic nitrogens is 2. The van der Waals surface area contributed by atoms with Gasteiger partial charge in [0.05, 0.1) is 36.1 Å². The fourth-order valence-electron chi connectivity index (χ4n) is 3.49. The lowest BCUT2D eigenvalue weighted by molar-refractivity contribution is 0.0427. The van der Waals surface area contributed by atoms with E-state index in [1.54, 1.807) is 35.0 Å². The van der Waals surface area contributed by atoms with Crippen molar-refractivity contribution in [3.63, 3.8) is 0 Å². The third-order valence-electron chi connectivity index (χ3n) is 5.28. The minimum Gasteiger partial charge on any atom is -0.461 e. The summed E-state index contributed by atoms with van der Waals surface area (Å²) in [5.41, 5.74) is 3.40. The quantitative estimate of drug-likeness (QED) is 0.236. The first-order chi connectivity index (χ1) is 16.9. The first kappa shape index (κ1) is 24.4. The van der Waals surface area contributed by atoms with Crippen LogP contribution in [-0.2, 0) is 25.9 Å². The maximum Gasteiger partial charge on any atom is 0.358 e. The van der Waals surface area contributed by atoms with E-state index in [4.69, 9.17) is 9.47 Å². The number of nitrogens with zero attached hydrogens (tertiary/aromatic N) is 2. The minimum absolute atomic E-state index is 0.168. The van der Waals surface area contributed by atoms with E-state index >= 15 is 0 Å². The van der Waals surface area contributed by atoms with E-state index in [1.165, 1.54) is 0 Å². The molecule has 4 aromatic rings. The summed E-state index contributed by atoms with van der Waals surface area (Å²) in [6.45, 7) is 1.19. The molecular formula is C27H26N2O5S. The van der Waals surface area contributed by atoms with Gasteiger partial charge in [-0.15, -0.1) is 0 Å². The van der Waals surface area contributed by atoms with Crippen LogP contribution in [-0.4, -0.2) is 43.6 Å². The van der Waals surface area contributed by atoms with Gasteiger partial charge in [0.1, 0.15) is 0 Å². The van der Waals surface area contributed by atoms with E-state index in [0.717, 1.165) is 23.1 Å². The second kappa shape index (κ2) is 11.1. The van der Waals surface area contributed by atoms with E-state index < -0.39 is 15.8 Å². The third-order valence-corrected chi connectivity index (χ3v) is 6.40. The summed E-state index contributed by atoms with van der Waals surface area (Å²) in [5.74, 6) is -0.531. The number of esters is 1. The van der Waals surface area contributed by atoms with Gasteiger partial charge in [0.25, 0.3) is 0 Å². The van der Waals surface area contributed by atoms with Crippen molar-refractivity contribution in [3.8, 4) is 16.9 Å². The zero-order chi connectivity index (χ0) is 24.7. The SMILES string of the molecule is CS(=O)(=O)c1ccc(-c2cc(C(=O)OCCCOCc3ccccc3)nn2-c2ccccc2)cc1. The van der Waals surface area contributed by atoms with Crippen molar-refractivity contribution in [2.24, 2.45) is 0 Å². The summed E-state index contributed by atoms with van der Waals surface area (Å²) >= 11 is 0. The lowest BCUT2D eigenvalue weighted by Gasteiger charge is -2.08. The Bertz CT molecular complexity index is 1370. The van der Waals surface area contributed by atoms with Crippen molar-refractivity contribution in [1.29, 1.82) is 0 Å². The van der Waals surface area contributed by atoms with E-state index in [2.05, 4.69) is 5.10 Å². The molecule has 0 unspecified atom stereocenters. The molecule has 0 atom stereocenters. The molecule has 0 fully saturated rings. The normalized spacial score (nSPS) is 11.3. The van der Waals surface area contributed by atoms with E-state index in [9.17, 15) is 13.2 Å². The lowest BCUT2D eigenvalue weighted by Crippen LogP contribution is -2.10. The van der Waals surface area contributed by atoms with Gasteiger partial charge in [-0.1, -0.05) is 60.7 Å². The number of ether oxygens (including phenoxy) is 2. The molecule has 0 spiro atoms. The topological polar surface area (TPSA) is 87.5 Å². The predicted octanol–water partition coefficient (Wildman–Crippen LogP) is 4.71. The zero-order valence-electron chi connectivity index (χ0n) is 19.3. The summed E-state index contributed by atoms with van der Waals surface area (Å²) in [5, 5.41) is 4.48. The van der Waals surface area contributed by atoms with Gasteiger partial charge in [-0.3, -0.25) is 0 Å². The monoisotopic (exact) mass is 490 g/mol. The molecule has 0 bridgehead atoms. The van der Waals surface area contributed by atoms with Crippen LogP contribution < -0.4 is 0 Å². The molecule has 1 aromatic heterocycles. The van der Waals surface area contributed by atoms with Gasteiger partial charge in [-0.05, 0) is 35.9 Å². The Labute approximate surface area is 204 Å². The summed E-state index contributed by atoms with van der Waals surface area (Å²) in [6.07, 6.45) is 1.73.